The van der Waals surface area contributed by atoms with Gasteiger partial charge in [-0.3, -0.25) is 10.2 Å². The zero-order chi connectivity index (χ0) is 19.3. The van der Waals surface area contributed by atoms with Gasteiger partial charge in [-0.2, -0.15) is 0 Å². The van der Waals surface area contributed by atoms with Crippen molar-refractivity contribution in [2.45, 2.75) is 12.6 Å². The van der Waals surface area contributed by atoms with Crippen LogP contribution < -0.4 is 15.8 Å². The predicted octanol–water partition coefficient (Wildman–Crippen LogP) is 2.68. The molecule has 1 atom stereocenters. The zero-order valence-electron chi connectivity index (χ0n) is 14.7. The number of nitrogens with two attached hydrogens (primary N) is 1. The first-order valence-corrected chi connectivity index (χ1v) is 7.64. The highest BCUT2D eigenvalue weighted by atomic mass is 35.5. The third kappa shape index (κ3) is 5.38. The monoisotopic (exact) mass is 399 g/mol. The Morgan fingerprint density at radius 1 is 1.19 bits per heavy atom. The van der Waals surface area contributed by atoms with Crippen LogP contribution in [0.5, 0.6) is 5.75 Å². The fourth-order valence-corrected chi connectivity index (χ4v) is 2.36. The number of benzene rings is 2. The predicted molar refractivity (Wildman–Crippen MR) is 99.2 cm³/mol. The minimum absolute atomic E-state index is 0. The van der Waals surface area contributed by atoms with Crippen molar-refractivity contribution in [3.05, 3.63) is 64.7 Å². The number of hydrogen-bond donors (Lipinski definition) is 3. The lowest BCUT2D eigenvalue weighted by Crippen LogP contribution is -2.30. The Kier molecular flexibility index (Phi) is 8.14. The van der Waals surface area contributed by atoms with E-state index in [0.29, 0.717) is 5.75 Å². The summed E-state index contributed by atoms with van der Waals surface area (Å²) in [6.07, 6.45) is -1.19. The maximum absolute atomic E-state index is 14.2. The van der Waals surface area contributed by atoms with E-state index >= 15 is 0 Å². The van der Waals surface area contributed by atoms with Gasteiger partial charge in [-0.15, -0.1) is 12.4 Å². The normalized spacial score (nSPS) is 11.3. The molecule has 146 valence electrons. The molecule has 0 aliphatic carbocycles. The molecule has 0 heterocycles. The van der Waals surface area contributed by atoms with Crippen molar-refractivity contribution in [1.29, 1.82) is 5.41 Å². The number of nitrogens with one attached hydrogen (secondary N) is 2. The molecule has 0 aliphatic heterocycles. The van der Waals surface area contributed by atoms with Crippen LogP contribution in [-0.4, -0.2) is 26.0 Å². The second-order valence-corrected chi connectivity index (χ2v) is 5.44. The lowest BCUT2D eigenvalue weighted by atomic mass is 10.1. The smallest absolute Gasteiger partial charge is 0.254 e. The molecular weight excluding hydrogens is 380 g/mol. The molecule has 27 heavy (non-hydrogen) atoms. The van der Waals surface area contributed by atoms with E-state index in [-0.39, 0.29) is 41.5 Å². The molecule has 2 rings (SSSR count). The second-order valence-electron chi connectivity index (χ2n) is 5.44. The molecule has 0 spiro atoms. The number of halogens is 3. The van der Waals surface area contributed by atoms with E-state index < -0.39 is 23.6 Å². The minimum Gasteiger partial charge on any atom is -0.497 e. The van der Waals surface area contributed by atoms with Crippen LogP contribution in [0.2, 0.25) is 0 Å². The fraction of sp³-hybridized carbons (Fsp3) is 0.222. The van der Waals surface area contributed by atoms with Crippen LogP contribution in [0.15, 0.2) is 36.4 Å². The third-order valence-electron chi connectivity index (χ3n) is 3.78. The molecule has 0 saturated heterocycles. The molecule has 0 bridgehead atoms. The summed E-state index contributed by atoms with van der Waals surface area (Å²) in [5.74, 6) is -1.82. The first kappa shape index (κ1) is 22.3. The highest BCUT2D eigenvalue weighted by molar-refractivity contribution is 5.94. The first-order chi connectivity index (χ1) is 12.4. The zero-order valence-corrected chi connectivity index (χ0v) is 15.5. The fourth-order valence-electron chi connectivity index (χ4n) is 2.36. The Bertz CT molecular complexity index is 833. The molecule has 4 N–H and O–H groups in total. The van der Waals surface area contributed by atoms with E-state index in [9.17, 15) is 13.6 Å². The highest BCUT2D eigenvalue weighted by Gasteiger charge is 2.24. The lowest BCUT2D eigenvalue weighted by Gasteiger charge is -2.17. The van der Waals surface area contributed by atoms with Gasteiger partial charge < -0.3 is 20.5 Å². The van der Waals surface area contributed by atoms with Crippen LogP contribution in [0.1, 0.15) is 22.8 Å². The Hall–Kier alpha value is -2.71. The number of carbonyl (C=O) groups excluding carboxylic acids is 1. The standard InChI is InChI=1S/C18H19F2N3O3.ClH/c1-25-12-5-6-13(15(20)8-12)16(26-2)18(24)23-9-11-4-3-10(17(21)22)7-14(11)19;/h3-8,16H,9H2,1-2H3,(H3,21,22)(H,23,24);1H/t16-;/m0./s1. The average Bonchev–Trinajstić information content (AvgIpc) is 2.62. The van der Waals surface area contributed by atoms with Crippen LogP contribution in [0, 0.1) is 17.0 Å². The molecule has 0 saturated carbocycles. The van der Waals surface area contributed by atoms with Gasteiger partial charge >= 0.3 is 0 Å². The van der Waals surface area contributed by atoms with Gasteiger partial charge in [-0.25, -0.2) is 8.78 Å². The summed E-state index contributed by atoms with van der Waals surface area (Å²) in [5.41, 5.74) is 5.78. The van der Waals surface area contributed by atoms with Gasteiger partial charge in [-0.1, -0.05) is 12.1 Å². The van der Waals surface area contributed by atoms with Crippen LogP contribution in [-0.2, 0) is 16.1 Å². The van der Waals surface area contributed by atoms with Crippen LogP contribution in [0.3, 0.4) is 0 Å². The van der Waals surface area contributed by atoms with E-state index in [1.54, 1.807) is 0 Å². The van der Waals surface area contributed by atoms with Crippen molar-refractivity contribution in [2.75, 3.05) is 14.2 Å². The van der Waals surface area contributed by atoms with Gasteiger partial charge in [0.1, 0.15) is 23.2 Å². The summed E-state index contributed by atoms with van der Waals surface area (Å²) in [6, 6.07) is 8.06. The van der Waals surface area contributed by atoms with Crippen molar-refractivity contribution in [2.24, 2.45) is 5.73 Å². The van der Waals surface area contributed by atoms with Gasteiger partial charge in [0.2, 0.25) is 0 Å². The van der Waals surface area contributed by atoms with Gasteiger partial charge in [-0.05, 0) is 18.2 Å². The molecule has 0 aliphatic rings. The Morgan fingerprint density at radius 2 is 1.89 bits per heavy atom. The van der Waals surface area contributed by atoms with Gasteiger partial charge in [0.25, 0.3) is 5.91 Å². The summed E-state index contributed by atoms with van der Waals surface area (Å²) in [4.78, 5) is 12.3. The molecule has 6 nitrogen and oxygen atoms in total. The number of nitrogen functional groups attached to an aromatic ring is 1. The molecule has 2 aromatic rings. The maximum atomic E-state index is 14.2. The Balaban J connectivity index is 0.00000364. The van der Waals surface area contributed by atoms with Crippen molar-refractivity contribution in [3.8, 4) is 5.75 Å². The average molecular weight is 400 g/mol. The van der Waals surface area contributed by atoms with Crippen LogP contribution in [0.4, 0.5) is 8.78 Å². The third-order valence-corrected chi connectivity index (χ3v) is 3.78. The summed E-state index contributed by atoms with van der Waals surface area (Å²) >= 11 is 0. The first-order valence-electron chi connectivity index (χ1n) is 7.64. The quantitative estimate of drug-likeness (QED) is 0.492. The molecule has 0 fully saturated rings. The minimum atomic E-state index is -1.19. The van der Waals surface area contributed by atoms with E-state index in [1.165, 1.54) is 38.5 Å². The lowest BCUT2D eigenvalue weighted by molar-refractivity contribution is -0.131. The molecular formula is C18H20ClF2N3O3. The molecule has 9 heteroatoms. The second kappa shape index (κ2) is 9.84. The van der Waals surface area contributed by atoms with Gasteiger partial charge in [0.05, 0.1) is 7.11 Å². The number of carbonyl (C=O) groups is 1. The SMILES string of the molecule is COc1ccc([C@H](OC)C(=O)NCc2ccc(C(=N)N)cc2F)c(F)c1.Cl. The van der Waals surface area contributed by atoms with Crippen molar-refractivity contribution in [1.82, 2.24) is 5.32 Å². The Labute approximate surface area is 161 Å². The van der Waals surface area contributed by atoms with E-state index in [2.05, 4.69) is 5.32 Å². The van der Waals surface area contributed by atoms with E-state index in [1.807, 2.05) is 0 Å². The number of rotatable bonds is 7. The highest BCUT2D eigenvalue weighted by Crippen LogP contribution is 2.24. The maximum Gasteiger partial charge on any atom is 0.254 e. The van der Waals surface area contributed by atoms with Crippen LogP contribution in [0.25, 0.3) is 0 Å². The number of hydrogen-bond acceptors (Lipinski definition) is 4. The van der Waals surface area contributed by atoms with Gasteiger partial charge in [0.15, 0.2) is 6.10 Å². The molecule has 0 radical (unpaired) electrons. The number of amides is 1. The van der Waals surface area contributed by atoms with E-state index in [0.717, 1.165) is 12.1 Å². The number of amidine groups is 1. The summed E-state index contributed by atoms with van der Waals surface area (Å²) in [7, 11) is 2.68. The van der Waals surface area contributed by atoms with E-state index in [4.69, 9.17) is 20.6 Å². The van der Waals surface area contributed by atoms with Gasteiger partial charge in [0, 0.05) is 36.4 Å². The largest absolute Gasteiger partial charge is 0.497 e. The van der Waals surface area contributed by atoms with Crippen molar-refractivity contribution in [3.63, 3.8) is 0 Å². The Morgan fingerprint density at radius 3 is 2.41 bits per heavy atom. The number of methoxy groups -OCH3 is 2. The van der Waals surface area contributed by atoms with Crippen molar-refractivity contribution < 1.29 is 23.0 Å². The summed E-state index contributed by atoms with van der Waals surface area (Å²) in [5, 5.41) is 9.79. The molecule has 1 amide bonds. The molecule has 2 aromatic carbocycles. The summed E-state index contributed by atoms with van der Waals surface area (Å²) in [6.45, 7) is -0.125. The topological polar surface area (TPSA) is 97.4 Å². The number of ether oxygens (including phenoxy) is 2. The molecule has 0 unspecified atom stereocenters. The molecule has 0 aromatic heterocycles. The summed E-state index contributed by atoms with van der Waals surface area (Å²) < 4.78 is 38.2. The van der Waals surface area contributed by atoms with Crippen molar-refractivity contribution >= 4 is 24.1 Å². The van der Waals surface area contributed by atoms with Crippen LogP contribution >= 0.6 is 12.4 Å².